The summed E-state index contributed by atoms with van der Waals surface area (Å²) in [6, 6.07) is 5.88. The van der Waals surface area contributed by atoms with Gasteiger partial charge >= 0.3 is 0 Å². The maximum absolute atomic E-state index is 12.8. The zero-order valence-corrected chi connectivity index (χ0v) is 12.9. The predicted molar refractivity (Wildman–Crippen MR) is 81.9 cm³/mol. The summed E-state index contributed by atoms with van der Waals surface area (Å²) in [6.07, 6.45) is 5.22. The molecule has 3 rings (SSSR count). The molecule has 22 heavy (non-hydrogen) atoms. The summed E-state index contributed by atoms with van der Waals surface area (Å²) in [5.41, 5.74) is 1.68. The number of benzene rings is 1. The Labute approximate surface area is 129 Å². The van der Waals surface area contributed by atoms with E-state index in [9.17, 15) is 4.79 Å². The van der Waals surface area contributed by atoms with E-state index in [0.29, 0.717) is 17.9 Å². The average Bonchev–Trinajstić information content (AvgIpc) is 3.09. The highest BCUT2D eigenvalue weighted by Gasteiger charge is 2.27. The molecule has 2 heterocycles. The number of piperidine rings is 1. The molecule has 6 heteroatoms. The van der Waals surface area contributed by atoms with Crippen LogP contribution in [0.4, 0.5) is 0 Å². The Kier molecular flexibility index (Phi) is 4.09. The van der Waals surface area contributed by atoms with Crippen LogP contribution in [0, 0.1) is 6.92 Å². The molecule has 0 unspecified atom stereocenters. The van der Waals surface area contributed by atoms with Crippen molar-refractivity contribution in [3.63, 3.8) is 0 Å². The Morgan fingerprint density at radius 2 is 2.27 bits per heavy atom. The van der Waals surface area contributed by atoms with E-state index >= 15 is 0 Å². The van der Waals surface area contributed by atoms with Crippen LogP contribution in [-0.2, 0) is 0 Å². The van der Waals surface area contributed by atoms with Crippen LogP contribution >= 0.6 is 0 Å². The Hall–Kier alpha value is -2.37. The van der Waals surface area contributed by atoms with E-state index in [-0.39, 0.29) is 11.9 Å². The average molecular weight is 300 g/mol. The minimum atomic E-state index is 0.0189. The van der Waals surface area contributed by atoms with Gasteiger partial charge in [-0.3, -0.25) is 4.79 Å². The van der Waals surface area contributed by atoms with E-state index in [1.54, 1.807) is 13.4 Å². The molecule has 1 amide bonds. The van der Waals surface area contributed by atoms with Gasteiger partial charge in [0.05, 0.1) is 18.7 Å². The van der Waals surface area contributed by atoms with Crippen molar-refractivity contribution in [2.24, 2.45) is 0 Å². The standard InChI is InChI=1S/C16H20N4O2/c1-12-5-6-15(22-2)14(8-12)16(21)19-7-3-4-13(9-19)20-11-17-10-18-20/h5-6,8,10-11,13H,3-4,7,9H2,1-2H3/t13-/m0/s1. The second kappa shape index (κ2) is 6.17. The van der Waals surface area contributed by atoms with Crippen molar-refractivity contribution in [1.82, 2.24) is 19.7 Å². The van der Waals surface area contributed by atoms with Crippen molar-refractivity contribution in [1.29, 1.82) is 0 Å². The molecule has 0 aliphatic carbocycles. The maximum atomic E-state index is 12.8. The number of ether oxygens (including phenoxy) is 1. The fraction of sp³-hybridized carbons (Fsp3) is 0.438. The normalized spacial score (nSPS) is 18.3. The van der Waals surface area contributed by atoms with Crippen molar-refractivity contribution < 1.29 is 9.53 Å². The highest BCUT2D eigenvalue weighted by Crippen LogP contribution is 2.26. The number of hydrogen-bond donors (Lipinski definition) is 0. The number of nitrogens with zero attached hydrogens (tertiary/aromatic N) is 4. The van der Waals surface area contributed by atoms with E-state index < -0.39 is 0 Å². The number of likely N-dealkylation sites (tertiary alicyclic amines) is 1. The molecular formula is C16H20N4O2. The van der Waals surface area contributed by atoms with Crippen molar-refractivity contribution in [3.05, 3.63) is 42.0 Å². The first-order valence-corrected chi connectivity index (χ1v) is 7.47. The molecule has 1 atom stereocenters. The molecule has 0 bridgehead atoms. The summed E-state index contributed by atoms with van der Waals surface area (Å²) in [5, 5.41) is 4.20. The van der Waals surface area contributed by atoms with Gasteiger partial charge in [-0.1, -0.05) is 11.6 Å². The van der Waals surface area contributed by atoms with E-state index in [1.807, 2.05) is 34.7 Å². The van der Waals surface area contributed by atoms with Gasteiger partial charge in [0.2, 0.25) is 0 Å². The molecule has 1 saturated heterocycles. The maximum Gasteiger partial charge on any atom is 0.257 e. The molecule has 0 N–H and O–H groups in total. The van der Waals surface area contributed by atoms with Crippen LogP contribution in [0.3, 0.4) is 0 Å². The first-order chi connectivity index (χ1) is 10.7. The third-order valence-corrected chi connectivity index (χ3v) is 4.08. The molecule has 1 aromatic carbocycles. The highest BCUT2D eigenvalue weighted by atomic mass is 16.5. The molecule has 1 aliphatic heterocycles. The number of carbonyl (C=O) groups is 1. The second-order valence-corrected chi connectivity index (χ2v) is 5.63. The molecule has 0 spiro atoms. The SMILES string of the molecule is COc1ccc(C)cc1C(=O)N1CCC[C@H](n2cncn2)C1. The third kappa shape index (κ3) is 2.81. The zero-order valence-electron chi connectivity index (χ0n) is 12.9. The summed E-state index contributed by atoms with van der Waals surface area (Å²) in [4.78, 5) is 18.7. The first kappa shape index (κ1) is 14.6. The van der Waals surface area contributed by atoms with Crippen LogP contribution in [-0.4, -0.2) is 45.8 Å². The van der Waals surface area contributed by atoms with Crippen LogP contribution in [0.5, 0.6) is 5.75 Å². The fourth-order valence-electron chi connectivity index (χ4n) is 2.92. The van der Waals surface area contributed by atoms with Gasteiger partial charge in [0, 0.05) is 13.1 Å². The van der Waals surface area contributed by atoms with E-state index in [2.05, 4.69) is 10.1 Å². The summed E-state index contributed by atoms with van der Waals surface area (Å²) in [6.45, 7) is 3.39. The molecule has 1 fully saturated rings. The number of aromatic nitrogens is 3. The molecule has 116 valence electrons. The van der Waals surface area contributed by atoms with Gasteiger partial charge in [-0.2, -0.15) is 5.10 Å². The number of carbonyl (C=O) groups excluding carboxylic acids is 1. The van der Waals surface area contributed by atoms with Crippen LogP contribution in [0.25, 0.3) is 0 Å². The van der Waals surface area contributed by atoms with Crippen LogP contribution < -0.4 is 4.74 Å². The van der Waals surface area contributed by atoms with Crippen LogP contribution in [0.2, 0.25) is 0 Å². The number of hydrogen-bond acceptors (Lipinski definition) is 4. The van der Waals surface area contributed by atoms with Gasteiger partial charge in [-0.25, -0.2) is 9.67 Å². The van der Waals surface area contributed by atoms with E-state index in [1.165, 1.54) is 6.33 Å². The van der Waals surface area contributed by atoms with Gasteiger partial charge in [-0.05, 0) is 31.9 Å². The lowest BCUT2D eigenvalue weighted by molar-refractivity contribution is 0.0669. The van der Waals surface area contributed by atoms with Crippen LogP contribution in [0.15, 0.2) is 30.9 Å². The lowest BCUT2D eigenvalue weighted by atomic mass is 10.0. The lowest BCUT2D eigenvalue weighted by Gasteiger charge is -2.33. The van der Waals surface area contributed by atoms with Crippen molar-refractivity contribution in [3.8, 4) is 5.75 Å². The molecular weight excluding hydrogens is 280 g/mol. The Bertz CT molecular complexity index is 654. The summed E-state index contributed by atoms with van der Waals surface area (Å²) < 4.78 is 7.18. The molecule has 1 aliphatic rings. The third-order valence-electron chi connectivity index (χ3n) is 4.08. The largest absolute Gasteiger partial charge is 0.496 e. The number of methoxy groups -OCH3 is 1. The lowest BCUT2D eigenvalue weighted by Crippen LogP contribution is -2.41. The van der Waals surface area contributed by atoms with E-state index in [0.717, 1.165) is 24.9 Å². The van der Waals surface area contributed by atoms with Crippen molar-refractivity contribution in [2.75, 3.05) is 20.2 Å². The Morgan fingerprint density at radius 1 is 1.41 bits per heavy atom. The van der Waals surface area contributed by atoms with Gasteiger partial charge in [0.25, 0.3) is 5.91 Å². The zero-order chi connectivity index (χ0) is 15.5. The van der Waals surface area contributed by atoms with Gasteiger partial charge in [0.15, 0.2) is 0 Å². The van der Waals surface area contributed by atoms with Crippen molar-refractivity contribution >= 4 is 5.91 Å². The summed E-state index contributed by atoms with van der Waals surface area (Å²) in [5.74, 6) is 0.642. The summed E-state index contributed by atoms with van der Waals surface area (Å²) >= 11 is 0. The Morgan fingerprint density at radius 3 is 3.00 bits per heavy atom. The molecule has 0 saturated carbocycles. The minimum absolute atomic E-state index is 0.0189. The molecule has 2 aromatic rings. The summed E-state index contributed by atoms with van der Waals surface area (Å²) in [7, 11) is 1.59. The van der Waals surface area contributed by atoms with Crippen LogP contribution in [0.1, 0.15) is 34.8 Å². The smallest absolute Gasteiger partial charge is 0.257 e. The van der Waals surface area contributed by atoms with E-state index in [4.69, 9.17) is 4.74 Å². The topological polar surface area (TPSA) is 60.2 Å². The first-order valence-electron chi connectivity index (χ1n) is 7.47. The minimum Gasteiger partial charge on any atom is -0.496 e. The monoisotopic (exact) mass is 300 g/mol. The number of rotatable bonds is 3. The molecule has 6 nitrogen and oxygen atoms in total. The van der Waals surface area contributed by atoms with Gasteiger partial charge in [-0.15, -0.1) is 0 Å². The quantitative estimate of drug-likeness (QED) is 0.870. The van der Waals surface area contributed by atoms with Gasteiger partial charge in [0.1, 0.15) is 18.4 Å². The van der Waals surface area contributed by atoms with Gasteiger partial charge < -0.3 is 9.64 Å². The molecule has 0 radical (unpaired) electrons. The highest BCUT2D eigenvalue weighted by molar-refractivity contribution is 5.97. The number of amides is 1. The van der Waals surface area contributed by atoms with Crippen molar-refractivity contribution in [2.45, 2.75) is 25.8 Å². The number of aryl methyl sites for hydroxylation is 1. The second-order valence-electron chi connectivity index (χ2n) is 5.63. The molecule has 1 aromatic heterocycles. The Balaban J connectivity index is 1.81. The fourth-order valence-corrected chi connectivity index (χ4v) is 2.92. The predicted octanol–water partition coefficient (Wildman–Crippen LogP) is 2.07.